The summed E-state index contributed by atoms with van der Waals surface area (Å²) in [6.45, 7) is 8.13. The molecule has 0 saturated carbocycles. The van der Waals surface area contributed by atoms with Crippen molar-refractivity contribution >= 4 is 23.0 Å². The highest BCUT2D eigenvalue weighted by atomic mass is 16.2. The Bertz CT molecular complexity index is 744. The summed E-state index contributed by atoms with van der Waals surface area (Å²) in [5.74, 6) is 0.321. The number of anilines is 1. The Morgan fingerprint density at radius 3 is 2.46 bits per heavy atom. The summed E-state index contributed by atoms with van der Waals surface area (Å²) in [5, 5.41) is 0. The zero-order valence-corrected chi connectivity index (χ0v) is 15.4. The van der Waals surface area contributed by atoms with Gasteiger partial charge in [0.2, 0.25) is 5.91 Å². The largest absolute Gasteiger partial charge is 0.314 e. The van der Waals surface area contributed by atoms with Crippen molar-refractivity contribution in [3.8, 4) is 0 Å². The van der Waals surface area contributed by atoms with Crippen LogP contribution in [0, 0.1) is 10.8 Å². The zero-order valence-electron chi connectivity index (χ0n) is 15.4. The first-order chi connectivity index (χ1) is 11.2. The lowest BCUT2D eigenvalue weighted by atomic mass is 9.57. The van der Waals surface area contributed by atoms with Crippen molar-refractivity contribution in [2.24, 2.45) is 10.8 Å². The minimum atomic E-state index is -0.621. The SMILES string of the molecule is CCCCC1=C2c3ccccc3N(C)C(=O)C2(C)CC(C)(C)C1=O. The second-order valence-corrected chi connectivity index (χ2v) is 8.06. The monoisotopic (exact) mass is 325 g/mol. The van der Waals surface area contributed by atoms with E-state index >= 15 is 0 Å². The van der Waals surface area contributed by atoms with Crippen LogP contribution in [0.25, 0.3) is 5.57 Å². The van der Waals surface area contributed by atoms with Gasteiger partial charge in [-0.25, -0.2) is 0 Å². The van der Waals surface area contributed by atoms with Gasteiger partial charge in [-0.3, -0.25) is 9.59 Å². The molecular weight excluding hydrogens is 298 g/mol. The topological polar surface area (TPSA) is 37.4 Å². The molecule has 0 aromatic heterocycles. The fourth-order valence-electron chi connectivity index (χ4n) is 4.60. The Morgan fingerprint density at radius 1 is 1.12 bits per heavy atom. The van der Waals surface area contributed by atoms with E-state index in [1.54, 1.807) is 4.90 Å². The number of rotatable bonds is 3. The zero-order chi connectivity index (χ0) is 17.7. The Hall–Kier alpha value is -1.90. The van der Waals surface area contributed by atoms with Crippen molar-refractivity contribution < 1.29 is 9.59 Å². The number of amides is 1. The number of fused-ring (bicyclic) bond motifs is 3. The molecule has 1 unspecified atom stereocenters. The van der Waals surface area contributed by atoms with E-state index in [4.69, 9.17) is 0 Å². The van der Waals surface area contributed by atoms with Crippen LogP contribution in [0.4, 0.5) is 5.69 Å². The van der Waals surface area contributed by atoms with E-state index in [0.717, 1.165) is 41.7 Å². The summed E-state index contributed by atoms with van der Waals surface area (Å²) >= 11 is 0. The van der Waals surface area contributed by atoms with Crippen LogP contribution in [0.15, 0.2) is 29.8 Å². The smallest absolute Gasteiger partial charge is 0.237 e. The molecule has 3 rings (SSSR count). The van der Waals surface area contributed by atoms with Gasteiger partial charge < -0.3 is 4.90 Å². The third-order valence-electron chi connectivity index (χ3n) is 5.63. The molecule has 3 heteroatoms. The molecule has 1 amide bonds. The van der Waals surface area contributed by atoms with Gasteiger partial charge >= 0.3 is 0 Å². The number of carbonyl (C=O) groups is 2. The van der Waals surface area contributed by atoms with Crippen molar-refractivity contribution in [3.05, 3.63) is 35.4 Å². The molecule has 1 atom stereocenters. The number of benzene rings is 1. The quantitative estimate of drug-likeness (QED) is 0.813. The lowest BCUT2D eigenvalue weighted by Gasteiger charge is -2.48. The molecule has 1 heterocycles. The first-order valence-electron chi connectivity index (χ1n) is 8.90. The minimum absolute atomic E-state index is 0.103. The fraction of sp³-hybridized carbons (Fsp3) is 0.524. The minimum Gasteiger partial charge on any atom is -0.314 e. The molecule has 1 aliphatic heterocycles. The van der Waals surface area contributed by atoms with Gasteiger partial charge in [-0.15, -0.1) is 0 Å². The van der Waals surface area contributed by atoms with Gasteiger partial charge in [-0.2, -0.15) is 0 Å². The van der Waals surface area contributed by atoms with Gasteiger partial charge in [0, 0.05) is 23.6 Å². The van der Waals surface area contributed by atoms with Crippen molar-refractivity contribution in [2.45, 2.75) is 53.4 Å². The van der Waals surface area contributed by atoms with Crippen molar-refractivity contribution in [2.75, 3.05) is 11.9 Å². The van der Waals surface area contributed by atoms with E-state index in [2.05, 4.69) is 13.0 Å². The Balaban J connectivity index is 2.34. The maximum atomic E-state index is 13.2. The number of ketones is 1. The van der Waals surface area contributed by atoms with Crippen LogP contribution in [0.1, 0.15) is 58.9 Å². The highest BCUT2D eigenvalue weighted by molar-refractivity contribution is 6.19. The molecule has 3 nitrogen and oxygen atoms in total. The van der Waals surface area contributed by atoms with E-state index in [9.17, 15) is 9.59 Å². The molecule has 1 aliphatic carbocycles. The molecule has 1 aromatic rings. The van der Waals surface area contributed by atoms with Crippen molar-refractivity contribution in [3.63, 3.8) is 0 Å². The molecule has 0 fully saturated rings. The normalized spacial score (nSPS) is 25.6. The summed E-state index contributed by atoms with van der Waals surface area (Å²) in [4.78, 5) is 28.2. The lowest BCUT2D eigenvalue weighted by Crippen LogP contribution is -2.51. The number of nitrogens with zero attached hydrogens (tertiary/aromatic N) is 1. The number of Topliss-reactive ketones (excluding diaryl/α,β-unsaturated/α-hetero) is 1. The number of para-hydroxylation sites is 1. The van der Waals surface area contributed by atoms with Crippen LogP contribution in [-0.2, 0) is 9.59 Å². The van der Waals surface area contributed by atoms with Crippen LogP contribution in [0.2, 0.25) is 0 Å². The Morgan fingerprint density at radius 2 is 1.79 bits per heavy atom. The fourth-order valence-corrected chi connectivity index (χ4v) is 4.60. The predicted octanol–water partition coefficient (Wildman–Crippen LogP) is 4.61. The highest BCUT2D eigenvalue weighted by Gasteiger charge is 2.54. The lowest BCUT2D eigenvalue weighted by molar-refractivity contribution is -0.131. The molecule has 1 aromatic carbocycles. The highest BCUT2D eigenvalue weighted by Crippen LogP contribution is 2.57. The van der Waals surface area contributed by atoms with E-state index < -0.39 is 10.8 Å². The Kier molecular flexibility index (Phi) is 3.94. The molecule has 24 heavy (non-hydrogen) atoms. The average Bonchev–Trinajstić information content (AvgIpc) is 2.54. The molecule has 0 bridgehead atoms. The Labute approximate surface area is 144 Å². The van der Waals surface area contributed by atoms with Gasteiger partial charge in [0.15, 0.2) is 5.78 Å². The molecule has 0 saturated heterocycles. The molecule has 0 spiro atoms. The number of unbranched alkanes of at least 4 members (excludes halogenated alkanes) is 1. The summed E-state index contributed by atoms with van der Waals surface area (Å²) in [6.07, 6.45) is 3.34. The number of carbonyl (C=O) groups excluding carboxylic acids is 2. The summed E-state index contributed by atoms with van der Waals surface area (Å²) < 4.78 is 0. The van der Waals surface area contributed by atoms with Crippen molar-refractivity contribution in [1.29, 1.82) is 0 Å². The van der Waals surface area contributed by atoms with Gasteiger partial charge in [0.25, 0.3) is 0 Å². The van der Waals surface area contributed by atoms with Gasteiger partial charge in [0.1, 0.15) is 0 Å². The second kappa shape index (κ2) is 5.58. The van der Waals surface area contributed by atoms with Gasteiger partial charge in [-0.05, 0) is 37.8 Å². The number of hydrogen-bond donors (Lipinski definition) is 0. The average molecular weight is 325 g/mol. The standard InChI is InChI=1S/C21H27NO2/c1-6-7-10-15-17-14-11-8-9-12-16(14)22(5)19(24)21(17,4)13-20(2,3)18(15)23/h8-9,11-12H,6-7,10,13H2,1-5H3. The third kappa shape index (κ3) is 2.25. The van der Waals surface area contributed by atoms with E-state index in [0.29, 0.717) is 6.42 Å². The third-order valence-corrected chi connectivity index (χ3v) is 5.63. The molecular formula is C21H27NO2. The van der Waals surface area contributed by atoms with Gasteiger partial charge in [0.05, 0.1) is 11.1 Å². The summed E-state index contributed by atoms with van der Waals surface area (Å²) in [7, 11) is 1.85. The van der Waals surface area contributed by atoms with Crippen LogP contribution < -0.4 is 4.90 Å². The molecule has 2 aliphatic rings. The van der Waals surface area contributed by atoms with E-state index in [-0.39, 0.29) is 11.7 Å². The number of allylic oxidation sites excluding steroid dienone is 1. The number of hydrogen-bond acceptors (Lipinski definition) is 2. The van der Waals surface area contributed by atoms with Crippen LogP contribution >= 0.6 is 0 Å². The van der Waals surface area contributed by atoms with E-state index in [1.807, 2.05) is 46.0 Å². The predicted molar refractivity (Wildman–Crippen MR) is 97.8 cm³/mol. The first kappa shape index (κ1) is 16.9. The first-order valence-corrected chi connectivity index (χ1v) is 8.90. The van der Waals surface area contributed by atoms with Crippen LogP contribution in [0.5, 0.6) is 0 Å². The van der Waals surface area contributed by atoms with E-state index in [1.165, 1.54) is 0 Å². The van der Waals surface area contributed by atoms with Crippen LogP contribution in [-0.4, -0.2) is 18.7 Å². The van der Waals surface area contributed by atoms with Crippen LogP contribution in [0.3, 0.4) is 0 Å². The second-order valence-electron chi connectivity index (χ2n) is 8.06. The molecule has 0 N–H and O–H groups in total. The van der Waals surface area contributed by atoms with Gasteiger partial charge in [-0.1, -0.05) is 45.4 Å². The summed E-state index contributed by atoms with van der Waals surface area (Å²) in [5.41, 5.74) is 2.71. The van der Waals surface area contributed by atoms with Crippen molar-refractivity contribution in [1.82, 2.24) is 0 Å². The maximum absolute atomic E-state index is 13.2. The maximum Gasteiger partial charge on any atom is 0.237 e. The molecule has 0 radical (unpaired) electrons. The summed E-state index contributed by atoms with van der Waals surface area (Å²) in [6, 6.07) is 7.98. The molecule has 128 valence electrons.